The molecule has 1 heterocycles. The molecule has 0 saturated carbocycles. The third-order valence-electron chi connectivity index (χ3n) is 3.00. The number of piperidine rings is 1. The molecule has 0 bridgehead atoms. The molecule has 1 saturated heterocycles. The summed E-state index contributed by atoms with van der Waals surface area (Å²) in [4.78, 5) is 2.61. The third-order valence-corrected chi connectivity index (χ3v) is 3.00. The number of hydrogen-bond donors (Lipinski definition) is 1. The van der Waals surface area contributed by atoms with Crippen LogP contribution in [0.2, 0.25) is 0 Å². The molecule has 80 valence electrons. The first-order valence-corrected chi connectivity index (χ1v) is 5.21. The number of nitrogens with zero attached hydrogens (tertiary/aromatic N) is 1. The molecule has 2 N–H and O–H groups in total. The summed E-state index contributed by atoms with van der Waals surface area (Å²) in [6.07, 6.45) is 5.29. The van der Waals surface area contributed by atoms with Crippen molar-refractivity contribution in [3.05, 3.63) is 0 Å². The van der Waals surface area contributed by atoms with Gasteiger partial charge in [0.2, 0.25) is 0 Å². The zero-order valence-corrected chi connectivity index (χ0v) is 9.65. The van der Waals surface area contributed by atoms with Crippen molar-refractivity contribution in [1.82, 2.24) is 4.90 Å². The maximum atomic E-state index is 5.51. The van der Waals surface area contributed by atoms with Crippen molar-refractivity contribution in [3.63, 3.8) is 0 Å². The van der Waals surface area contributed by atoms with Crippen molar-refractivity contribution in [3.8, 4) is 0 Å². The Kier molecular flexibility index (Phi) is 6.74. The van der Waals surface area contributed by atoms with Gasteiger partial charge in [-0.3, -0.25) is 4.90 Å². The van der Waals surface area contributed by atoms with E-state index in [0.29, 0.717) is 0 Å². The highest BCUT2D eigenvalue weighted by Gasteiger charge is 2.23. The van der Waals surface area contributed by atoms with Crippen LogP contribution in [0.4, 0.5) is 0 Å². The van der Waals surface area contributed by atoms with E-state index < -0.39 is 0 Å². The number of halogens is 1. The Morgan fingerprint density at radius 2 is 1.77 bits per heavy atom. The standard InChI is InChI=1S/C10H22N2.ClH/c1-9-5-3-6-10(2)12(9)8-4-7-11;/h9-10H,3-8,11H2,1-2H3;1H. The van der Waals surface area contributed by atoms with E-state index in [1.165, 1.54) is 25.8 Å². The second-order valence-corrected chi connectivity index (χ2v) is 4.01. The van der Waals surface area contributed by atoms with Gasteiger partial charge in [0.25, 0.3) is 0 Å². The van der Waals surface area contributed by atoms with Gasteiger partial charge in [-0.1, -0.05) is 6.42 Å². The van der Waals surface area contributed by atoms with Crippen LogP contribution in [0, 0.1) is 0 Å². The molecule has 0 aromatic rings. The van der Waals surface area contributed by atoms with E-state index >= 15 is 0 Å². The van der Waals surface area contributed by atoms with Gasteiger partial charge in [-0.15, -0.1) is 12.4 Å². The highest BCUT2D eigenvalue weighted by molar-refractivity contribution is 5.85. The lowest BCUT2D eigenvalue weighted by Gasteiger charge is -2.38. The summed E-state index contributed by atoms with van der Waals surface area (Å²) >= 11 is 0. The van der Waals surface area contributed by atoms with E-state index in [-0.39, 0.29) is 12.4 Å². The molecule has 13 heavy (non-hydrogen) atoms. The molecule has 0 radical (unpaired) electrons. The Balaban J connectivity index is 0.00000144. The molecule has 2 unspecified atom stereocenters. The van der Waals surface area contributed by atoms with Crippen molar-refractivity contribution in [2.45, 2.75) is 51.6 Å². The monoisotopic (exact) mass is 206 g/mol. The van der Waals surface area contributed by atoms with E-state index in [4.69, 9.17) is 5.73 Å². The number of nitrogens with two attached hydrogens (primary N) is 1. The largest absolute Gasteiger partial charge is 0.330 e. The molecule has 0 amide bonds. The molecule has 0 aliphatic carbocycles. The Morgan fingerprint density at radius 3 is 2.23 bits per heavy atom. The fourth-order valence-corrected chi connectivity index (χ4v) is 2.19. The predicted octanol–water partition coefficient (Wildman–Crippen LogP) is 2.02. The van der Waals surface area contributed by atoms with Crippen LogP contribution in [-0.2, 0) is 0 Å². The lowest BCUT2D eigenvalue weighted by molar-refractivity contribution is 0.103. The summed E-state index contributed by atoms with van der Waals surface area (Å²) in [6, 6.07) is 1.56. The molecular weight excluding hydrogens is 184 g/mol. The van der Waals surface area contributed by atoms with Crippen molar-refractivity contribution < 1.29 is 0 Å². The zero-order valence-electron chi connectivity index (χ0n) is 8.83. The van der Waals surface area contributed by atoms with E-state index in [2.05, 4.69) is 18.7 Å². The molecule has 3 heteroatoms. The average molecular weight is 207 g/mol. The Hall–Kier alpha value is 0.210. The molecule has 1 aliphatic heterocycles. The normalized spacial score (nSPS) is 29.8. The van der Waals surface area contributed by atoms with Crippen molar-refractivity contribution in [2.24, 2.45) is 5.73 Å². The minimum atomic E-state index is 0. The number of likely N-dealkylation sites (tertiary alicyclic amines) is 1. The van der Waals surface area contributed by atoms with Gasteiger partial charge < -0.3 is 5.73 Å². The quantitative estimate of drug-likeness (QED) is 0.766. The van der Waals surface area contributed by atoms with Gasteiger partial charge in [0.1, 0.15) is 0 Å². The maximum absolute atomic E-state index is 5.51. The van der Waals surface area contributed by atoms with Crippen molar-refractivity contribution in [1.29, 1.82) is 0 Å². The first-order valence-electron chi connectivity index (χ1n) is 5.21. The van der Waals surface area contributed by atoms with Crippen molar-refractivity contribution in [2.75, 3.05) is 13.1 Å². The van der Waals surface area contributed by atoms with Crippen LogP contribution in [0.3, 0.4) is 0 Å². The summed E-state index contributed by atoms with van der Waals surface area (Å²) < 4.78 is 0. The maximum Gasteiger partial charge on any atom is 0.00697 e. The fourth-order valence-electron chi connectivity index (χ4n) is 2.19. The zero-order chi connectivity index (χ0) is 8.97. The molecule has 1 rings (SSSR count). The molecule has 0 spiro atoms. The highest BCUT2D eigenvalue weighted by Crippen LogP contribution is 2.22. The van der Waals surface area contributed by atoms with Crippen LogP contribution in [0.25, 0.3) is 0 Å². The minimum Gasteiger partial charge on any atom is -0.330 e. The van der Waals surface area contributed by atoms with Gasteiger partial charge in [-0.05, 0) is 46.2 Å². The van der Waals surface area contributed by atoms with E-state index in [1.54, 1.807) is 0 Å². The fraction of sp³-hybridized carbons (Fsp3) is 1.00. The van der Waals surface area contributed by atoms with E-state index in [9.17, 15) is 0 Å². The van der Waals surface area contributed by atoms with Gasteiger partial charge in [0, 0.05) is 12.1 Å². The molecular formula is C10H23ClN2. The summed E-state index contributed by atoms with van der Waals surface area (Å²) in [6.45, 7) is 6.70. The second kappa shape index (κ2) is 6.63. The average Bonchev–Trinajstić information content (AvgIpc) is 2.04. The summed E-state index contributed by atoms with van der Waals surface area (Å²) in [7, 11) is 0. The van der Waals surface area contributed by atoms with Crippen LogP contribution in [-0.4, -0.2) is 30.1 Å². The van der Waals surface area contributed by atoms with Crippen LogP contribution in [0.15, 0.2) is 0 Å². The van der Waals surface area contributed by atoms with Gasteiger partial charge >= 0.3 is 0 Å². The SMILES string of the molecule is CC1CCCC(C)N1CCCN.Cl. The summed E-state index contributed by atoms with van der Waals surface area (Å²) in [5.41, 5.74) is 5.51. The first kappa shape index (κ1) is 13.2. The van der Waals surface area contributed by atoms with Gasteiger partial charge in [-0.25, -0.2) is 0 Å². The number of rotatable bonds is 3. The lowest BCUT2D eigenvalue weighted by atomic mass is 9.97. The molecule has 0 aromatic heterocycles. The first-order chi connectivity index (χ1) is 5.75. The summed E-state index contributed by atoms with van der Waals surface area (Å²) in [5.74, 6) is 0. The minimum absolute atomic E-state index is 0. The van der Waals surface area contributed by atoms with Gasteiger partial charge in [0.15, 0.2) is 0 Å². The predicted molar refractivity (Wildman–Crippen MR) is 60.4 cm³/mol. The van der Waals surface area contributed by atoms with Crippen LogP contribution in [0.1, 0.15) is 39.5 Å². The molecule has 1 aliphatic rings. The van der Waals surface area contributed by atoms with E-state index in [1.807, 2.05) is 0 Å². The smallest absolute Gasteiger partial charge is 0.00697 e. The van der Waals surface area contributed by atoms with Crippen LogP contribution in [0.5, 0.6) is 0 Å². The van der Waals surface area contributed by atoms with Crippen LogP contribution >= 0.6 is 12.4 Å². The Bertz CT molecular complexity index is 120. The second-order valence-electron chi connectivity index (χ2n) is 4.01. The Morgan fingerprint density at radius 1 is 1.23 bits per heavy atom. The third kappa shape index (κ3) is 3.84. The topological polar surface area (TPSA) is 29.3 Å². The molecule has 2 nitrogen and oxygen atoms in total. The van der Waals surface area contributed by atoms with E-state index in [0.717, 1.165) is 25.0 Å². The summed E-state index contributed by atoms with van der Waals surface area (Å²) in [5, 5.41) is 0. The van der Waals surface area contributed by atoms with Crippen molar-refractivity contribution >= 4 is 12.4 Å². The highest BCUT2D eigenvalue weighted by atomic mass is 35.5. The molecule has 0 aromatic carbocycles. The number of hydrogen-bond acceptors (Lipinski definition) is 2. The molecule has 1 fully saturated rings. The molecule has 2 atom stereocenters. The lowest BCUT2D eigenvalue weighted by Crippen LogP contribution is -2.44. The van der Waals surface area contributed by atoms with Crippen LogP contribution < -0.4 is 5.73 Å². The van der Waals surface area contributed by atoms with Gasteiger partial charge in [0.05, 0.1) is 0 Å². The Labute approximate surface area is 88.3 Å². The van der Waals surface area contributed by atoms with Gasteiger partial charge in [-0.2, -0.15) is 0 Å².